The van der Waals surface area contributed by atoms with Crippen LogP contribution in [0.3, 0.4) is 0 Å². The second-order valence-corrected chi connectivity index (χ2v) is 10.2. The van der Waals surface area contributed by atoms with E-state index in [1.807, 2.05) is 76.6 Å². The number of amides is 1. The van der Waals surface area contributed by atoms with Crippen molar-refractivity contribution in [2.24, 2.45) is 0 Å². The van der Waals surface area contributed by atoms with Gasteiger partial charge in [-0.1, -0.05) is 48.5 Å². The number of hydrogen-bond donors (Lipinski definition) is 3. The number of carbonyl (C=O) groups is 1. The molecule has 37 heavy (non-hydrogen) atoms. The van der Waals surface area contributed by atoms with E-state index in [4.69, 9.17) is 4.42 Å². The van der Waals surface area contributed by atoms with Crippen LogP contribution in [0.25, 0.3) is 21.9 Å². The summed E-state index contributed by atoms with van der Waals surface area (Å²) in [6.07, 6.45) is 2.53. The van der Waals surface area contributed by atoms with Gasteiger partial charge in [-0.05, 0) is 55.3 Å². The zero-order valence-electron chi connectivity index (χ0n) is 21.8. The summed E-state index contributed by atoms with van der Waals surface area (Å²) in [6, 6.07) is 26.3. The Kier molecular flexibility index (Phi) is 6.76. The van der Waals surface area contributed by atoms with E-state index in [1.54, 1.807) is 0 Å². The molecule has 0 saturated heterocycles. The number of carbonyl (C=O) groups excluding carboxylic acids is 1. The van der Waals surface area contributed by atoms with E-state index in [2.05, 4.69) is 56.9 Å². The molecule has 0 spiro atoms. The van der Waals surface area contributed by atoms with Gasteiger partial charge in [-0.15, -0.1) is 0 Å². The largest absolute Gasteiger partial charge is 0.460 e. The van der Waals surface area contributed by atoms with E-state index in [9.17, 15) is 4.79 Å². The van der Waals surface area contributed by atoms with Crippen LogP contribution in [-0.4, -0.2) is 30.5 Å². The van der Waals surface area contributed by atoms with Crippen LogP contribution in [0.2, 0.25) is 0 Å². The van der Waals surface area contributed by atoms with Gasteiger partial charge < -0.3 is 19.6 Å². The molecular weight excluding hydrogens is 460 g/mol. The Morgan fingerprint density at radius 2 is 1.76 bits per heavy atom. The first-order valence-electron chi connectivity index (χ1n) is 12.7. The van der Waals surface area contributed by atoms with E-state index in [-0.39, 0.29) is 11.9 Å². The molecule has 5 aromatic rings. The molecule has 1 amide bonds. The molecule has 2 unspecified atom stereocenters. The molecule has 2 aromatic heterocycles. The fourth-order valence-corrected chi connectivity index (χ4v) is 4.79. The number of para-hydroxylation sites is 2. The number of nitrogens with one attached hydrogen (secondary N) is 3. The number of hydrogen-bond acceptors (Lipinski definition) is 4. The number of nitrogens with zero attached hydrogens (tertiary/aromatic N) is 1. The van der Waals surface area contributed by atoms with Gasteiger partial charge in [0.1, 0.15) is 11.3 Å². The summed E-state index contributed by atoms with van der Waals surface area (Å²) >= 11 is 0. The van der Waals surface area contributed by atoms with Crippen molar-refractivity contribution < 1.29 is 9.21 Å². The third-order valence-corrected chi connectivity index (χ3v) is 7.11. The molecule has 0 aliphatic heterocycles. The maximum atomic E-state index is 13.9. The summed E-state index contributed by atoms with van der Waals surface area (Å²) in [4.78, 5) is 19.3. The Morgan fingerprint density at radius 3 is 2.51 bits per heavy atom. The maximum absolute atomic E-state index is 13.9. The van der Waals surface area contributed by atoms with Crippen LogP contribution < -0.4 is 15.5 Å². The van der Waals surface area contributed by atoms with Crippen LogP contribution in [0.5, 0.6) is 0 Å². The highest BCUT2D eigenvalue weighted by atomic mass is 16.3. The van der Waals surface area contributed by atoms with Crippen LogP contribution in [0, 0.1) is 0 Å². The van der Waals surface area contributed by atoms with E-state index >= 15 is 0 Å². The number of aromatic amines is 1. The smallest absolute Gasteiger partial charge is 0.240 e. The molecule has 190 valence electrons. The molecule has 2 atom stereocenters. The minimum atomic E-state index is -0.873. The van der Waals surface area contributed by atoms with Crippen LogP contribution in [-0.2, 0) is 17.8 Å². The molecule has 3 N–H and O–H groups in total. The zero-order valence-corrected chi connectivity index (χ0v) is 21.8. The van der Waals surface area contributed by atoms with Gasteiger partial charge in [-0.2, -0.15) is 0 Å². The first kappa shape index (κ1) is 24.7. The number of fused-ring (bicyclic) bond motifs is 2. The van der Waals surface area contributed by atoms with Gasteiger partial charge in [-0.3, -0.25) is 10.1 Å². The highest BCUT2D eigenvalue weighted by Crippen LogP contribution is 2.26. The third-order valence-electron chi connectivity index (χ3n) is 7.11. The van der Waals surface area contributed by atoms with Gasteiger partial charge in [-0.25, -0.2) is 0 Å². The van der Waals surface area contributed by atoms with Crippen molar-refractivity contribution in [3.05, 3.63) is 102 Å². The average Bonchev–Trinajstić information content (AvgIpc) is 3.51. The van der Waals surface area contributed by atoms with Crippen LogP contribution in [0.15, 0.2) is 89.5 Å². The second-order valence-electron chi connectivity index (χ2n) is 10.2. The fraction of sp³-hybridized carbons (Fsp3) is 0.258. The first-order valence-corrected chi connectivity index (χ1v) is 12.7. The van der Waals surface area contributed by atoms with Gasteiger partial charge in [0, 0.05) is 48.7 Å². The molecule has 3 aromatic carbocycles. The van der Waals surface area contributed by atoms with E-state index in [1.165, 1.54) is 0 Å². The topological polar surface area (TPSA) is 73.3 Å². The van der Waals surface area contributed by atoms with E-state index in [0.29, 0.717) is 13.0 Å². The summed E-state index contributed by atoms with van der Waals surface area (Å²) in [5.74, 6) is 0.740. The predicted octanol–water partition coefficient (Wildman–Crippen LogP) is 5.95. The van der Waals surface area contributed by atoms with Crippen molar-refractivity contribution in [3.63, 3.8) is 0 Å². The van der Waals surface area contributed by atoms with Crippen molar-refractivity contribution in [1.82, 2.24) is 15.6 Å². The minimum Gasteiger partial charge on any atom is -0.460 e. The zero-order chi connectivity index (χ0) is 26.0. The molecule has 6 nitrogen and oxygen atoms in total. The van der Waals surface area contributed by atoms with Gasteiger partial charge in [0.15, 0.2) is 0 Å². The number of rotatable bonds is 9. The summed E-state index contributed by atoms with van der Waals surface area (Å²) < 4.78 is 6.03. The Labute approximate surface area is 217 Å². The number of benzene rings is 3. The second kappa shape index (κ2) is 10.1. The molecule has 2 heterocycles. The Hall–Kier alpha value is -4.03. The average molecular weight is 495 g/mol. The van der Waals surface area contributed by atoms with Gasteiger partial charge in [0.05, 0.1) is 18.1 Å². The number of anilines is 1. The van der Waals surface area contributed by atoms with Crippen LogP contribution in [0.1, 0.15) is 36.8 Å². The summed E-state index contributed by atoms with van der Waals surface area (Å²) in [5.41, 5.74) is 4.31. The number of aromatic nitrogens is 1. The summed E-state index contributed by atoms with van der Waals surface area (Å²) in [5, 5.41) is 8.96. The predicted molar refractivity (Wildman–Crippen MR) is 151 cm³/mol. The fourth-order valence-electron chi connectivity index (χ4n) is 4.79. The van der Waals surface area contributed by atoms with Crippen molar-refractivity contribution in [2.45, 2.75) is 38.4 Å². The normalized spacial score (nSPS) is 13.9. The SMILES string of the molecule is CC(NC(=O)C(C)(Cc1c[nH]c2ccccc12)NCc1cc2ccccc2o1)c1ccc(N(C)C)cc1. The molecule has 0 saturated carbocycles. The molecule has 0 radical (unpaired) electrons. The molecule has 5 rings (SSSR count). The molecule has 6 heteroatoms. The molecule has 0 aliphatic carbocycles. The molecule has 0 fully saturated rings. The Bertz CT molecular complexity index is 1480. The monoisotopic (exact) mass is 494 g/mol. The quantitative estimate of drug-likeness (QED) is 0.237. The van der Waals surface area contributed by atoms with Crippen LogP contribution in [0.4, 0.5) is 5.69 Å². The molecular formula is C31H34N4O2. The number of H-pyrrole nitrogens is 1. The standard InChI is InChI=1S/C31H34N4O2/c1-21(22-13-15-25(16-14-22)35(3)4)34-30(36)31(2,18-24-19-32-28-11-7-6-10-27(24)28)33-20-26-17-23-9-5-8-12-29(23)37-26/h5-17,19,21,32-33H,18,20H2,1-4H3,(H,34,36). The van der Waals surface area contributed by atoms with Gasteiger partial charge >= 0.3 is 0 Å². The Morgan fingerprint density at radius 1 is 1.03 bits per heavy atom. The number of furan rings is 1. The lowest BCUT2D eigenvalue weighted by Crippen LogP contribution is -2.56. The van der Waals surface area contributed by atoms with E-state index in [0.717, 1.165) is 44.4 Å². The third kappa shape index (κ3) is 5.25. The van der Waals surface area contributed by atoms with Gasteiger partial charge in [0.25, 0.3) is 0 Å². The molecule has 0 aliphatic rings. The van der Waals surface area contributed by atoms with Gasteiger partial charge in [0.2, 0.25) is 5.91 Å². The lowest BCUT2D eigenvalue weighted by Gasteiger charge is -2.31. The van der Waals surface area contributed by atoms with Crippen molar-refractivity contribution in [2.75, 3.05) is 19.0 Å². The lowest BCUT2D eigenvalue weighted by molar-refractivity contribution is -0.127. The highest BCUT2D eigenvalue weighted by molar-refractivity contribution is 5.89. The van der Waals surface area contributed by atoms with Crippen LogP contribution >= 0.6 is 0 Å². The highest BCUT2D eigenvalue weighted by Gasteiger charge is 2.35. The van der Waals surface area contributed by atoms with Crippen molar-refractivity contribution >= 4 is 33.5 Å². The summed E-state index contributed by atoms with van der Waals surface area (Å²) in [7, 11) is 4.04. The van der Waals surface area contributed by atoms with E-state index < -0.39 is 5.54 Å². The lowest BCUT2D eigenvalue weighted by atomic mass is 9.90. The maximum Gasteiger partial charge on any atom is 0.240 e. The minimum absolute atomic E-state index is 0.0573. The first-order chi connectivity index (χ1) is 17.8. The van der Waals surface area contributed by atoms with Crippen molar-refractivity contribution in [3.8, 4) is 0 Å². The van der Waals surface area contributed by atoms with Crippen molar-refractivity contribution in [1.29, 1.82) is 0 Å². The molecule has 0 bridgehead atoms. The Balaban J connectivity index is 1.39. The summed E-state index contributed by atoms with van der Waals surface area (Å²) in [6.45, 7) is 4.43.